The molecule has 1 aliphatic rings. The molecule has 1 heteroatoms. The van der Waals surface area contributed by atoms with Crippen LogP contribution >= 0.6 is 0 Å². The lowest BCUT2D eigenvalue weighted by Crippen LogP contribution is -2.34. The molecule has 0 aromatic rings. The lowest BCUT2D eigenvalue weighted by molar-refractivity contribution is 0.255. The highest BCUT2D eigenvalue weighted by Gasteiger charge is 2.44. The third-order valence-electron chi connectivity index (χ3n) is 4.25. The molecule has 0 heterocycles. The quantitative estimate of drug-likeness (QED) is 0.700. The highest BCUT2D eigenvalue weighted by molar-refractivity contribution is 4.96. The fraction of sp³-hybridized carbons (Fsp3) is 1.00. The molecule has 5 unspecified atom stereocenters. The van der Waals surface area contributed by atoms with E-state index >= 15 is 0 Å². The van der Waals surface area contributed by atoms with E-state index in [0.29, 0.717) is 12.0 Å². The molecule has 5 atom stereocenters. The summed E-state index contributed by atoms with van der Waals surface area (Å²) in [6.07, 6.45) is 1.29. The van der Waals surface area contributed by atoms with Crippen LogP contribution in [-0.2, 0) is 0 Å². The number of rotatable bonds is 2. The minimum Gasteiger partial charge on any atom is -0.327 e. The maximum Gasteiger partial charge on any atom is 0.0101 e. The van der Waals surface area contributed by atoms with Gasteiger partial charge < -0.3 is 5.73 Å². The van der Waals surface area contributed by atoms with Gasteiger partial charge in [0.1, 0.15) is 0 Å². The topological polar surface area (TPSA) is 26.0 Å². The van der Waals surface area contributed by atoms with E-state index in [-0.39, 0.29) is 0 Å². The van der Waals surface area contributed by atoms with E-state index < -0.39 is 0 Å². The standard InChI is InChI=1S/C12H25N/c1-6-10-8(4)11(7(2)3)12(13)9(10)5/h7-12H,6,13H2,1-5H3. The monoisotopic (exact) mass is 183 g/mol. The maximum atomic E-state index is 6.28. The smallest absolute Gasteiger partial charge is 0.0101 e. The van der Waals surface area contributed by atoms with Gasteiger partial charge in [-0.05, 0) is 29.6 Å². The molecule has 1 aliphatic carbocycles. The van der Waals surface area contributed by atoms with Crippen molar-refractivity contribution < 1.29 is 0 Å². The Morgan fingerprint density at radius 1 is 1.15 bits per heavy atom. The van der Waals surface area contributed by atoms with Crippen LogP contribution in [0.5, 0.6) is 0 Å². The predicted molar refractivity (Wildman–Crippen MR) is 58.4 cm³/mol. The van der Waals surface area contributed by atoms with E-state index in [1.54, 1.807) is 0 Å². The highest BCUT2D eigenvalue weighted by Crippen LogP contribution is 2.45. The van der Waals surface area contributed by atoms with E-state index in [0.717, 1.165) is 23.7 Å². The first-order chi connectivity index (χ1) is 6.00. The zero-order valence-electron chi connectivity index (χ0n) is 9.75. The fourth-order valence-electron chi connectivity index (χ4n) is 3.55. The van der Waals surface area contributed by atoms with Crippen molar-refractivity contribution in [2.24, 2.45) is 35.3 Å². The van der Waals surface area contributed by atoms with Crippen LogP contribution in [0.2, 0.25) is 0 Å². The fourth-order valence-corrected chi connectivity index (χ4v) is 3.55. The zero-order chi connectivity index (χ0) is 10.2. The SMILES string of the molecule is CCC1C(C)C(N)C(C(C)C)C1C. The van der Waals surface area contributed by atoms with Crippen LogP contribution in [0.3, 0.4) is 0 Å². The largest absolute Gasteiger partial charge is 0.327 e. The minimum absolute atomic E-state index is 0.431. The second-order valence-corrected chi connectivity index (χ2v) is 5.19. The second-order valence-electron chi connectivity index (χ2n) is 5.19. The van der Waals surface area contributed by atoms with Gasteiger partial charge in [-0.3, -0.25) is 0 Å². The maximum absolute atomic E-state index is 6.28. The number of hydrogen-bond acceptors (Lipinski definition) is 1. The van der Waals surface area contributed by atoms with Gasteiger partial charge >= 0.3 is 0 Å². The van der Waals surface area contributed by atoms with Crippen LogP contribution in [0.4, 0.5) is 0 Å². The first-order valence-electron chi connectivity index (χ1n) is 5.76. The van der Waals surface area contributed by atoms with E-state index in [1.807, 2.05) is 0 Å². The molecule has 1 fully saturated rings. The molecule has 0 spiro atoms. The van der Waals surface area contributed by atoms with Crippen LogP contribution in [0.15, 0.2) is 0 Å². The molecule has 1 nitrogen and oxygen atoms in total. The minimum atomic E-state index is 0.431. The van der Waals surface area contributed by atoms with E-state index in [2.05, 4.69) is 34.6 Å². The lowest BCUT2D eigenvalue weighted by Gasteiger charge is -2.25. The van der Waals surface area contributed by atoms with E-state index in [4.69, 9.17) is 5.73 Å². The van der Waals surface area contributed by atoms with Crippen LogP contribution in [0, 0.1) is 29.6 Å². The first-order valence-corrected chi connectivity index (χ1v) is 5.76. The summed E-state index contributed by atoms with van der Waals surface area (Å²) in [5, 5.41) is 0. The molecule has 13 heavy (non-hydrogen) atoms. The second kappa shape index (κ2) is 4.00. The Labute approximate surface area is 83.1 Å². The molecule has 1 rings (SSSR count). The summed E-state index contributed by atoms with van der Waals surface area (Å²) >= 11 is 0. The van der Waals surface area contributed by atoms with Crippen molar-refractivity contribution in [2.45, 2.75) is 47.1 Å². The predicted octanol–water partition coefficient (Wildman–Crippen LogP) is 2.90. The normalized spacial score (nSPS) is 45.9. The van der Waals surface area contributed by atoms with Crippen molar-refractivity contribution >= 4 is 0 Å². The van der Waals surface area contributed by atoms with Gasteiger partial charge in [0.25, 0.3) is 0 Å². The molecule has 0 bridgehead atoms. The van der Waals surface area contributed by atoms with Gasteiger partial charge in [-0.15, -0.1) is 0 Å². The van der Waals surface area contributed by atoms with Crippen LogP contribution < -0.4 is 5.73 Å². The Morgan fingerprint density at radius 2 is 1.69 bits per heavy atom. The summed E-state index contributed by atoms with van der Waals surface area (Å²) in [6.45, 7) is 11.6. The Morgan fingerprint density at radius 3 is 1.92 bits per heavy atom. The number of nitrogens with two attached hydrogens (primary N) is 1. The molecule has 1 saturated carbocycles. The highest BCUT2D eigenvalue weighted by atomic mass is 14.7. The van der Waals surface area contributed by atoms with Crippen molar-refractivity contribution in [2.75, 3.05) is 0 Å². The molecule has 0 aromatic carbocycles. The summed E-state index contributed by atoms with van der Waals surface area (Å²) in [5.74, 6) is 3.86. The van der Waals surface area contributed by atoms with Crippen LogP contribution in [0.25, 0.3) is 0 Å². The average Bonchev–Trinajstić information content (AvgIpc) is 2.24. The van der Waals surface area contributed by atoms with Crippen molar-refractivity contribution in [3.8, 4) is 0 Å². The van der Waals surface area contributed by atoms with Crippen molar-refractivity contribution in [3.63, 3.8) is 0 Å². The Bertz CT molecular complexity index is 165. The third-order valence-corrected chi connectivity index (χ3v) is 4.25. The molecule has 2 N–H and O–H groups in total. The molecular weight excluding hydrogens is 158 g/mol. The molecule has 0 amide bonds. The summed E-state index contributed by atoms with van der Waals surface area (Å²) in [4.78, 5) is 0. The molecule has 0 aromatic heterocycles. The van der Waals surface area contributed by atoms with Crippen LogP contribution in [-0.4, -0.2) is 6.04 Å². The van der Waals surface area contributed by atoms with E-state index in [9.17, 15) is 0 Å². The first kappa shape index (κ1) is 11.0. The molecular formula is C12H25N. The van der Waals surface area contributed by atoms with Crippen LogP contribution in [0.1, 0.15) is 41.0 Å². The van der Waals surface area contributed by atoms with Crippen molar-refractivity contribution in [3.05, 3.63) is 0 Å². The summed E-state index contributed by atoms with van der Waals surface area (Å²) in [7, 11) is 0. The lowest BCUT2D eigenvalue weighted by atomic mass is 9.82. The van der Waals surface area contributed by atoms with E-state index in [1.165, 1.54) is 6.42 Å². The molecule has 0 saturated heterocycles. The van der Waals surface area contributed by atoms with Gasteiger partial charge in [0, 0.05) is 6.04 Å². The van der Waals surface area contributed by atoms with Gasteiger partial charge in [-0.2, -0.15) is 0 Å². The summed E-state index contributed by atoms with van der Waals surface area (Å²) in [6, 6.07) is 0.431. The molecule has 0 radical (unpaired) electrons. The average molecular weight is 183 g/mol. The van der Waals surface area contributed by atoms with Gasteiger partial charge in [0.15, 0.2) is 0 Å². The summed E-state index contributed by atoms with van der Waals surface area (Å²) < 4.78 is 0. The van der Waals surface area contributed by atoms with Gasteiger partial charge in [0.2, 0.25) is 0 Å². The molecule has 0 aliphatic heterocycles. The van der Waals surface area contributed by atoms with Gasteiger partial charge in [0.05, 0.1) is 0 Å². The Kier molecular flexibility index (Phi) is 3.39. The van der Waals surface area contributed by atoms with Crippen molar-refractivity contribution in [1.29, 1.82) is 0 Å². The van der Waals surface area contributed by atoms with Crippen molar-refractivity contribution in [1.82, 2.24) is 0 Å². The van der Waals surface area contributed by atoms with Gasteiger partial charge in [-0.1, -0.05) is 41.0 Å². The zero-order valence-corrected chi connectivity index (χ0v) is 9.75. The summed E-state index contributed by atoms with van der Waals surface area (Å²) in [5.41, 5.74) is 6.28. The third kappa shape index (κ3) is 1.76. The number of hydrogen-bond donors (Lipinski definition) is 1. The Hall–Kier alpha value is -0.0400. The Balaban J connectivity index is 2.78. The molecule has 78 valence electrons. The van der Waals surface area contributed by atoms with Gasteiger partial charge in [-0.25, -0.2) is 0 Å².